The summed E-state index contributed by atoms with van der Waals surface area (Å²) >= 11 is 0. The minimum absolute atomic E-state index is 0.122. The number of amides is 2. The van der Waals surface area contributed by atoms with Gasteiger partial charge in [-0.25, -0.2) is 0 Å². The molecule has 11 atom stereocenters. The first-order chi connectivity index (χ1) is 17.4. The van der Waals surface area contributed by atoms with Gasteiger partial charge in [0.25, 0.3) is 5.91 Å². The monoisotopic (exact) mass is 494 g/mol. The molecule has 0 radical (unpaired) electrons. The lowest BCUT2D eigenvalue weighted by Crippen LogP contribution is -2.39. The van der Waals surface area contributed by atoms with E-state index in [1.165, 1.54) is 12.8 Å². The Morgan fingerprint density at radius 1 is 1.06 bits per heavy atom. The third kappa shape index (κ3) is 3.85. The van der Waals surface area contributed by atoms with Crippen molar-refractivity contribution in [2.75, 3.05) is 6.54 Å². The highest BCUT2D eigenvalue weighted by Gasteiger charge is 2.67. The lowest BCUT2D eigenvalue weighted by Gasteiger charge is -2.37. The number of rotatable bonds is 1. The Hall–Kier alpha value is -2.41. The summed E-state index contributed by atoms with van der Waals surface area (Å²) < 4.78 is 6.36. The van der Waals surface area contributed by atoms with E-state index < -0.39 is 11.9 Å². The molecule has 36 heavy (non-hydrogen) atoms. The summed E-state index contributed by atoms with van der Waals surface area (Å²) in [7, 11) is 0. The zero-order valence-electron chi connectivity index (χ0n) is 21.2. The number of aliphatic hydroxyl groups is 1. The number of epoxide rings is 1. The number of Topliss-reactive ketones (excluding diaryl/α,β-unsaturated/α-hetero) is 1. The largest absolute Gasteiger partial charge is 0.507 e. The van der Waals surface area contributed by atoms with Crippen LogP contribution in [0.3, 0.4) is 0 Å². The quantitative estimate of drug-likeness (QED) is 0.383. The fraction of sp³-hybridized carbons (Fsp3) is 0.690. The molecular weight excluding hydrogens is 456 g/mol. The first kappa shape index (κ1) is 24.0. The van der Waals surface area contributed by atoms with Crippen molar-refractivity contribution in [2.24, 2.45) is 47.3 Å². The highest BCUT2D eigenvalue weighted by Crippen LogP contribution is 2.66. The van der Waals surface area contributed by atoms with E-state index in [0.29, 0.717) is 67.1 Å². The molecule has 2 bridgehead atoms. The first-order valence-electron chi connectivity index (χ1n) is 13.9. The molecule has 3 heterocycles. The summed E-state index contributed by atoms with van der Waals surface area (Å²) in [5.41, 5.74) is -0.139. The van der Waals surface area contributed by atoms with Gasteiger partial charge in [-0.05, 0) is 91.6 Å². The average molecular weight is 495 g/mol. The first-order valence-corrected chi connectivity index (χ1v) is 13.9. The molecule has 3 aliphatic carbocycles. The van der Waals surface area contributed by atoms with Crippen LogP contribution in [-0.4, -0.2) is 47.5 Å². The molecule has 3 N–H and O–H groups in total. The van der Waals surface area contributed by atoms with Crippen LogP contribution in [0.5, 0.6) is 0 Å². The topological polar surface area (TPSA) is 108 Å². The van der Waals surface area contributed by atoms with Gasteiger partial charge in [0.2, 0.25) is 5.91 Å². The summed E-state index contributed by atoms with van der Waals surface area (Å²) in [6.45, 7) is 5.17. The second-order valence-corrected chi connectivity index (χ2v) is 12.0. The molecule has 3 aliphatic heterocycles. The van der Waals surface area contributed by atoms with Gasteiger partial charge in [-0.3, -0.25) is 14.4 Å². The number of fused-ring (bicyclic) bond motifs is 10. The maximum absolute atomic E-state index is 12.8. The average Bonchev–Trinajstić information content (AvgIpc) is 3.35. The van der Waals surface area contributed by atoms with Gasteiger partial charge in [0.05, 0.1) is 18.2 Å². The molecule has 7 heteroatoms. The molecule has 11 unspecified atom stereocenters. The normalized spacial score (nSPS) is 49.8. The van der Waals surface area contributed by atoms with Crippen molar-refractivity contribution >= 4 is 17.6 Å². The molecule has 6 rings (SSSR count). The van der Waals surface area contributed by atoms with Crippen LogP contribution >= 0.6 is 0 Å². The molecule has 0 aromatic rings. The predicted octanol–water partition coefficient (Wildman–Crippen LogP) is 3.23. The lowest BCUT2D eigenvalue weighted by atomic mass is 9.65. The molecule has 6 aliphatic rings. The van der Waals surface area contributed by atoms with Gasteiger partial charge >= 0.3 is 0 Å². The Labute approximate surface area is 212 Å². The molecule has 7 nitrogen and oxygen atoms in total. The van der Waals surface area contributed by atoms with Gasteiger partial charge in [0.15, 0.2) is 5.78 Å². The molecule has 3 saturated carbocycles. The Morgan fingerprint density at radius 3 is 2.69 bits per heavy atom. The van der Waals surface area contributed by atoms with E-state index in [2.05, 4.69) is 24.5 Å². The second-order valence-electron chi connectivity index (χ2n) is 12.0. The highest BCUT2D eigenvalue weighted by molar-refractivity contribution is 6.27. The van der Waals surface area contributed by atoms with Crippen LogP contribution in [0.2, 0.25) is 0 Å². The van der Waals surface area contributed by atoms with Gasteiger partial charge < -0.3 is 20.5 Å². The van der Waals surface area contributed by atoms with E-state index in [0.717, 1.165) is 18.8 Å². The van der Waals surface area contributed by atoms with Crippen molar-refractivity contribution in [1.82, 2.24) is 10.6 Å². The standard InChI is InChI=1S/C29H38N2O5/c1-3-15-12-19-23(14(15)2)18-13-16-9-10-21(32)25-26(34)20(31-29(25)35)7-5-11-30-22(33)8-4-6-17(16)24(18)28-27(19)36-28/h4,8-10,14-20,23-24,27-28,32H,3,5-7,11-13H2,1-2H3,(H,30,33)(H,31,35)/b8-4+,10-9+,25-21+. The summed E-state index contributed by atoms with van der Waals surface area (Å²) in [5.74, 6) is 2.99. The maximum atomic E-state index is 12.8. The third-order valence-corrected chi connectivity index (χ3v) is 10.4. The van der Waals surface area contributed by atoms with Gasteiger partial charge in [-0.15, -0.1) is 0 Å². The smallest absolute Gasteiger partial charge is 0.259 e. The van der Waals surface area contributed by atoms with Gasteiger partial charge in [-0.2, -0.15) is 0 Å². The number of hydrogen-bond acceptors (Lipinski definition) is 5. The fourth-order valence-corrected chi connectivity index (χ4v) is 8.75. The Bertz CT molecular complexity index is 1050. The predicted molar refractivity (Wildman–Crippen MR) is 134 cm³/mol. The number of carbonyl (C=O) groups is 3. The van der Waals surface area contributed by atoms with Crippen LogP contribution in [0, 0.1) is 47.3 Å². The lowest BCUT2D eigenvalue weighted by molar-refractivity contribution is -0.118. The number of ketones is 1. The minimum atomic E-state index is -0.651. The zero-order chi connectivity index (χ0) is 25.1. The van der Waals surface area contributed by atoms with Crippen molar-refractivity contribution < 1.29 is 24.2 Å². The SMILES string of the molecule is CCC1CC2C3OC3C3C4C/C=C/C(=O)NCCCC5NC(=O)/C(=C(O)\C=C\C4CC3C2C1C)C5=O. The molecule has 5 fully saturated rings. The van der Waals surface area contributed by atoms with Crippen molar-refractivity contribution in [3.05, 3.63) is 35.6 Å². The van der Waals surface area contributed by atoms with E-state index in [1.807, 2.05) is 12.2 Å². The molecule has 0 aromatic carbocycles. The van der Waals surface area contributed by atoms with Crippen molar-refractivity contribution in [2.45, 2.75) is 70.6 Å². The van der Waals surface area contributed by atoms with Crippen molar-refractivity contribution in [3.8, 4) is 0 Å². The molecule has 0 aromatic heterocycles. The number of allylic oxidation sites excluding steroid dienone is 3. The number of hydrogen-bond donors (Lipinski definition) is 3. The summed E-state index contributed by atoms with van der Waals surface area (Å²) in [6.07, 6.45) is 13.2. The summed E-state index contributed by atoms with van der Waals surface area (Å²) in [5, 5.41) is 16.4. The van der Waals surface area contributed by atoms with Gasteiger partial charge in [-0.1, -0.05) is 32.4 Å². The van der Waals surface area contributed by atoms with Crippen LogP contribution in [0.15, 0.2) is 35.6 Å². The number of carbonyl (C=O) groups excluding carboxylic acids is 3. The molecule has 194 valence electrons. The third-order valence-electron chi connectivity index (χ3n) is 10.4. The van der Waals surface area contributed by atoms with Crippen LogP contribution in [0.25, 0.3) is 0 Å². The highest BCUT2D eigenvalue weighted by atomic mass is 16.6. The van der Waals surface area contributed by atoms with Gasteiger partial charge in [0.1, 0.15) is 11.3 Å². The zero-order valence-corrected chi connectivity index (χ0v) is 21.2. The molecule has 2 saturated heterocycles. The second kappa shape index (κ2) is 9.16. The molecule has 0 spiro atoms. The minimum Gasteiger partial charge on any atom is -0.507 e. The van der Waals surface area contributed by atoms with E-state index >= 15 is 0 Å². The Morgan fingerprint density at radius 2 is 1.89 bits per heavy atom. The number of nitrogens with one attached hydrogen (secondary N) is 2. The Kier molecular flexibility index (Phi) is 6.09. The van der Waals surface area contributed by atoms with Crippen molar-refractivity contribution in [3.63, 3.8) is 0 Å². The summed E-state index contributed by atoms with van der Waals surface area (Å²) in [4.78, 5) is 37.7. The van der Waals surface area contributed by atoms with Gasteiger partial charge in [0, 0.05) is 6.54 Å². The molecular formula is C29H38N2O5. The number of ether oxygens (including phenoxy) is 1. The van der Waals surface area contributed by atoms with E-state index in [4.69, 9.17) is 4.74 Å². The van der Waals surface area contributed by atoms with Crippen LogP contribution in [0.4, 0.5) is 0 Å². The van der Waals surface area contributed by atoms with Crippen LogP contribution in [-0.2, 0) is 19.1 Å². The number of aliphatic hydroxyl groups excluding tert-OH is 1. The van der Waals surface area contributed by atoms with E-state index in [9.17, 15) is 19.5 Å². The fourth-order valence-electron chi connectivity index (χ4n) is 8.75. The molecule has 2 amide bonds. The Balaban J connectivity index is 1.33. The van der Waals surface area contributed by atoms with Crippen LogP contribution < -0.4 is 10.6 Å². The van der Waals surface area contributed by atoms with E-state index in [-0.39, 0.29) is 28.9 Å². The van der Waals surface area contributed by atoms with Crippen molar-refractivity contribution in [1.29, 1.82) is 0 Å². The maximum Gasteiger partial charge on any atom is 0.259 e. The van der Waals surface area contributed by atoms with Crippen LogP contribution in [0.1, 0.15) is 52.4 Å². The summed E-state index contributed by atoms with van der Waals surface area (Å²) in [6, 6.07) is -0.651. The van der Waals surface area contributed by atoms with E-state index in [1.54, 1.807) is 12.2 Å².